The molecule has 3 heteroatoms. The molecule has 3 aliphatic carbocycles. The van der Waals surface area contributed by atoms with Crippen LogP contribution in [0.3, 0.4) is 0 Å². The fraction of sp³-hybridized carbons (Fsp3) is 0.640. The van der Waals surface area contributed by atoms with E-state index in [-0.39, 0.29) is 11.6 Å². The second-order valence-electron chi connectivity index (χ2n) is 8.69. The van der Waals surface area contributed by atoms with Crippen LogP contribution < -0.4 is 0 Å². The van der Waals surface area contributed by atoms with Crippen LogP contribution >= 0.6 is 11.8 Å². The number of hydrogen-bond donors (Lipinski definition) is 0. The van der Waals surface area contributed by atoms with Crippen molar-refractivity contribution >= 4 is 17.7 Å². The molecular formula is C25H36O2S. The minimum Gasteiger partial charge on any atom is -0.458 e. The number of fused-ring (bicyclic) bond motifs is 1. The van der Waals surface area contributed by atoms with Gasteiger partial charge in [0.15, 0.2) is 0 Å². The number of ether oxygens (including phenoxy) is 1. The van der Waals surface area contributed by atoms with Gasteiger partial charge in [-0.15, -0.1) is 11.8 Å². The zero-order chi connectivity index (χ0) is 19.8. The first-order chi connectivity index (χ1) is 13.6. The minimum absolute atomic E-state index is 0.0182. The first kappa shape index (κ1) is 21.5. The lowest BCUT2D eigenvalue weighted by atomic mass is 9.74. The highest BCUT2D eigenvalue weighted by molar-refractivity contribution is 8.00. The molecule has 0 aromatic carbocycles. The quantitative estimate of drug-likeness (QED) is 0.315. The van der Waals surface area contributed by atoms with E-state index in [0.29, 0.717) is 5.75 Å². The van der Waals surface area contributed by atoms with E-state index in [9.17, 15) is 4.79 Å². The SMILES string of the molecule is C=C/C=C\CC1CC=C2C=C(CSCC(=O)OC3(CC)CCCC3)CCC2C1. The molecule has 0 aromatic rings. The van der Waals surface area contributed by atoms with E-state index in [1.165, 1.54) is 50.5 Å². The molecule has 0 bridgehead atoms. The molecule has 0 heterocycles. The first-order valence-electron chi connectivity index (χ1n) is 11.1. The smallest absolute Gasteiger partial charge is 0.316 e. The van der Waals surface area contributed by atoms with E-state index in [1.54, 1.807) is 17.3 Å². The van der Waals surface area contributed by atoms with Crippen molar-refractivity contribution in [3.05, 3.63) is 48.1 Å². The van der Waals surface area contributed by atoms with Gasteiger partial charge in [0.1, 0.15) is 5.60 Å². The Morgan fingerprint density at radius 1 is 1.39 bits per heavy atom. The summed E-state index contributed by atoms with van der Waals surface area (Å²) in [6.07, 6.45) is 22.6. The summed E-state index contributed by atoms with van der Waals surface area (Å²) in [7, 11) is 0. The summed E-state index contributed by atoms with van der Waals surface area (Å²) in [6, 6.07) is 0. The van der Waals surface area contributed by atoms with Crippen LogP contribution in [0.4, 0.5) is 0 Å². The zero-order valence-corrected chi connectivity index (χ0v) is 18.3. The molecule has 1 saturated carbocycles. The molecule has 0 radical (unpaired) electrons. The van der Waals surface area contributed by atoms with Gasteiger partial charge in [0, 0.05) is 5.75 Å². The number of esters is 1. The van der Waals surface area contributed by atoms with Gasteiger partial charge in [-0.1, -0.05) is 49.5 Å². The largest absolute Gasteiger partial charge is 0.458 e. The molecule has 28 heavy (non-hydrogen) atoms. The van der Waals surface area contributed by atoms with Gasteiger partial charge in [0.2, 0.25) is 0 Å². The van der Waals surface area contributed by atoms with E-state index in [2.05, 4.69) is 37.8 Å². The van der Waals surface area contributed by atoms with Crippen LogP contribution in [0.1, 0.15) is 71.1 Å². The molecule has 3 rings (SSSR count). The summed E-state index contributed by atoms with van der Waals surface area (Å²) >= 11 is 1.73. The van der Waals surface area contributed by atoms with E-state index in [1.807, 2.05) is 6.08 Å². The Morgan fingerprint density at radius 2 is 2.21 bits per heavy atom. The van der Waals surface area contributed by atoms with Gasteiger partial charge in [-0.25, -0.2) is 0 Å². The third-order valence-corrected chi connectivity index (χ3v) is 7.71. The van der Waals surface area contributed by atoms with Gasteiger partial charge in [-0.05, 0) is 81.6 Å². The summed E-state index contributed by atoms with van der Waals surface area (Å²) in [5.74, 6) is 2.95. The third kappa shape index (κ3) is 5.89. The minimum atomic E-state index is -0.153. The molecule has 0 N–H and O–H groups in total. The maximum atomic E-state index is 12.3. The number of carbonyl (C=O) groups is 1. The summed E-state index contributed by atoms with van der Waals surface area (Å²) in [6.45, 7) is 5.89. The molecule has 0 amide bonds. The van der Waals surface area contributed by atoms with Crippen LogP contribution in [0.25, 0.3) is 0 Å². The summed E-state index contributed by atoms with van der Waals surface area (Å²) in [5.41, 5.74) is 2.89. The van der Waals surface area contributed by atoms with E-state index in [4.69, 9.17) is 4.74 Å². The van der Waals surface area contributed by atoms with Crippen molar-refractivity contribution < 1.29 is 9.53 Å². The van der Waals surface area contributed by atoms with Crippen molar-refractivity contribution in [1.82, 2.24) is 0 Å². The van der Waals surface area contributed by atoms with Crippen LogP contribution in [0.15, 0.2) is 48.1 Å². The van der Waals surface area contributed by atoms with Crippen molar-refractivity contribution in [2.24, 2.45) is 11.8 Å². The molecule has 1 fully saturated rings. The summed E-state index contributed by atoms with van der Waals surface area (Å²) < 4.78 is 5.87. The Hall–Kier alpha value is -1.22. The van der Waals surface area contributed by atoms with Gasteiger partial charge < -0.3 is 4.74 Å². The number of allylic oxidation sites excluding steroid dienone is 6. The highest BCUT2D eigenvalue weighted by atomic mass is 32.2. The van der Waals surface area contributed by atoms with E-state index >= 15 is 0 Å². The van der Waals surface area contributed by atoms with Gasteiger partial charge in [-0.2, -0.15) is 0 Å². The van der Waals surface area contributed by atoms with Crippen LogP contribution in [0.5, 0.6) is 0 Å². The second-order valence-corrected chi connectivity index (χ2v) is 9.68. The van der Waals surface area contributed by atoms with Crippen LogP contribution in [0.2, 0.25) is 0 Å². The Labute approximate surface area is 175 Å². The van der Waals surface area contributed by atoms with Gasteiger partial charge >= 0.3 is 5.97 Å². The van der Waals surface area contributed by atoms with Crippen molar-refractivity contribution in [2.75, 3.05) is 11.5 Å². The van der Waals surface area contributed by atoms with Gasteiger partial charge in [-0.3, -0.25) is 4.79 Å². The van der Waals surface area contributed by atoms with Crippen LogP contribution in [-0.4, -0.2) is 23.1 Å². The molecule has 2 nitrogen and oxygen atoms in total. The molecular weight excluding hydrogens is 364 g/mol. The van der Waals surface area contributed by atoms with Gasteiger partial charge in [0.25, 0.3) is 0 Å². The van der Waals surface area contributed by atoms with Crippen molar-refractivity contribution in [1.29, 1.82) is 0 Å². The molecule has 2 atom stereocenters. The molecule has 3 aliphatic rings. The lowest BCUT2D eigenvalue weighted by molar-refractivity contribution is -0.156. The number of rotatable bonds is 9. The Bertz CT molecular complexity index is 637. The maximum absolute atomic E-state index is 12.3. The molecule has 2 unspecified atom stereocenters. The third-order valence-electron chi connectivity index (χ3n) is 6.70. The fourth-order valence-electron chi connectivity index (χ4n) is 4.99. The predicted octanol–water partition coefficient (Wildman–Crippen LogP) is 6.79. The average molecular weight is 401 g/mol. The van der Waals surface area contributed by atoms with Crippen molar-refractivity contribution in [3.63, 3.8) is 0 Å². The average Bonchev–Trinajstić information content (AvgIpc) is 3.17. The topological polar surface area (TPSA) is 26.3 Å². The molecule has 0 spiro atoms. The first-order valence-corrected chi connectivity index (χ1v) is 12.3. The highest BCUT2D eigenvalue weighted by Crippen LogP contribution is 2.40. The standard InChI is InChI=1S/C25H36O2S/c1-3-5-6-9-20-10-12-23-17-21(11-13-22(23)16-20)18-28-19-24(26)27-25(4-2)14-7-8-15-25/h3,5-6,12,17,20,22H,1,4,7-11,13-16,18-19H2,2H3/b6-5-. The van der Waals surface area contributed by atoms with Crippen molar-refractivity contribution in [3.8, 4) is 0 Å². The zero-order valence-electron chi connectivity index (χ0n) is 17.5. The molecule has 154 valence electrons. The van der Waals surface area contributed by atoms with E-state index < -0.39 is 0 Å². The van der Waals surface area contributed by atoms with Crippen molar-refractivity contribution in [2.45, 2.75) is 76.7 Å². The summed E-state index contributed by atoms with van der Waals surface area (Å²) in [5, 5.41) is 0. The lowest BCUT2D eigenvalue weighted by Gasteiger charge is -2.32. The van der Waals surface area contributed by atoms with E-state index in [0.717, 1.165) is 36.9 Å². The monoisotopic (exact) mass is 400 g/mol. The number of carbonyl (C=O) groups excluding carboxylic acids is 1. The van der Waals surface area contributed by atoms with Crippen LogP contribution in [0, 0.1) is 11.8 Å². The Morgan fingerprint density at radius 3 is 2.96 bits per heavy atom. The maximum Gasteiger partial charge on any atom is 0.316 e. The fourth-order valence-corrected chi connectivity index (χ4v) is 5.81. The lowest BCUT2D eigenvalue weighted by Crippen LogP contribution is -2.32. The number of hydrogen-bond acceptors (Lipinski definition) is 3. The van der Waals surface area contributed by atoms with Gasteiger partial charge in [0.05, 0.1) is 5.75 Å². The predicted molar refractivity (Wildman–Crippen MR) is 120 cm³/mol. The highest BCUT2D eigenvalue weighted by Gasteiger charge is 2.35. The normalized spacial score (nSPS) is 26.5. The molecule has 0 aromatic heterocycles. The summed E-state index contributed by atoms with van der Waals surface area (Å²) in [4.78, 5) is 12.3. The second kappa shape index (κ2) is 10.5. The molecule has 0 saturated heterocycles. The Balaban J connectivity index is 1.43. The van der Waals surface area contributed by atoms with Crippen LogP contribution in [-0.2, 0) is 9.53 Å². The Kier molecular flexibility index (Phi) is 8.08. The number of thioether (sulfide) groups is 1. The molecule has 0 aliphatic heterocycles.